The lowest BCUT2D eigenvalue weighted by atomic mass is 10.1. The summed E-state index contributed by atoms with van der Waals surface area (Å²) < 4.78 is 3.35. The van der Waals surface area contributed by atoms with Gasteiger partial charge >= 0.3 is 5.69 Å². The molecule has 1 amide bonds. The van der Waals surface area contributed by atoms with Crippen LogP contribution in [0.3, 0.4) is 0 Å². The second kappa shape index (κ2) is 8.00. The number of carbonyl (C=O) groups excluding carboxylic acids is 1. The number of nitrogens with one attached hydrogen (secondary N) is 2. The summed E-state index contributed by atoms with van der Waals surface area (Å²) in [6.45, 7) is 3.70. The molecule has 0 atom stereocenters. The van der Waals surface area contributed by atoms with Gasteiger partial charge in [0.2, 0.25) is 11.6 Å². The number of aryl methyl sites for hydroxylation is 1. The number of nitrogens with zero attached hydrogens (tertiary/aromatic N) is 5. The van der Waals surface area contributed by atoms with Crippen LogP contribution < -0.4 is 10.00 Å². The number of anilines is 1. The summed E-state index contributed by atoms with van der Waals surface area (Å²) in [5, 5.41) is 16.7. The van der Waals surface area contributed by atoms with Crippen LogP contribution in [-0.4, -0.2) is 50.0 Å². The van der Waals surface area contributed by atoms with E-state index in [-0.39, 0.29) is 11.4 Å². The average molecular weight is 398 g/mol. The van der Waals surface area contributed by atoms with Crippen LogP contribution in [0.4, 0.5) is 11.6 Å². The minimum absolute atomic E-state index is 0.105. The fraction of sp³-hybridized carbons (Fsp3) is 0.421. The second-order valence-electron chi connectivity index (χ2n) is 7.30. The van der Waals surface area contributed by atoms with E-state index in [1.54, 1.807) is 7.05 Å². The van der Waals surface area contributed by atoms with Crippen LogP contribution >= 0.6 is 0 Å². The maximum Gasteiger partial charge on any atom is 0.368 e. The van der Waals surface area contributed by atoms with E-state index in [0.29, 0.717) is 12.5 Å². The number of H-pyrrole nitrogens is 1. The van der Waals surface area contributed by atoms with Crippen LogP contribution in [0.15, 0.2) is 30.5 Å². The topological polar surface area (TPSA) is 113 Å². The van der Waals surface area contributed by atoms with Crippen molar-refractivity contribution in [3.05, 3.63) is 46.3 Å². The first-order valence-corrected chi connectivity index (χ1v) is 9.75. The Balaban J connectivity index is 1.61. The molecule has 1 saturated heterocycles. The number of hydrogen-bond donors (Lipinski definition) is 2. The first-order chi connectivity index (χ1) is 14.0. The molecule has 152 valence electrons. The van der Waals surface area contributed by atoms with Crippen LogP contribution in [0.25, 0.3) is 11.0 Å². The van der Waals surface area contributed by atoms with Crippen molar-refractivity contribution in [1.82, 2.24) is 19.5 Å². The molecule has 2 N–H and O–H groups in total. The van der Waals surface area contributed by atoms with E-state index in [0.717, 1.165) is 30.7 Å². The van der Waals surface area contributed by atoms with Gasteiger partial charge in [0.1, 0.15) is 0 Å². The average Bonchev–Trinajstić information content (AvgIpc) is 3.27. The molecule has 2 aromatic heterocycles. The number of amides is 1. The van der Waals surface area contributed by atoms with Gasteiger partial charge in [0.25, 0.3) is 12.1 Å². The number of aromatic amines is 1. The number of aromatic nitrogens is 4. The number of benzene rings is 1. The fourth-order valence-corrected chi connectivity index (χ4v) is 3.81. The summed E-state index contributed by atoms with van der Waals surface area (Å²) in [6.07, 6.45) is 4.97. The van der Waals surface area contributed by atoms with Gasteiger partial charge in [0.15, 0.2) is 7.05 Å². The Bertz CT molecular complexity index is 1050. The van der Waals surface area contributed by atoms with E-state index in [1.165, 1.54) is 30.1 Å². The predicted molar refractivity (Wildman–Crippen MR) is 107 cm³/mol. The molecule has 1 aliphatic rings. The van der Waals surface area contributed by atoms with Gasteiger partial charge in [-0.1, -0.05) is 18.6 Å². The normalized spacial score (nSPS) is 14.9. The minimum Gasteiger partial charge on any atom is -0.309 e. The lowest BCUT2D eigenvalue weighted by Crippen LogP contribution is -2.33. The van der Waals surface area contributed by atoms with Gasteiger partial charge < -0.3 is 9.47 Å². The second-order valence-corrected chi connectivity index (χ2v) is 7.30. The zero-order chi connectivity index (χ0) is 20.4. The van der Waals surface area contributed by atoms with Crippen molar-refractivity contribution >= 4 is 28.6 Å². The lowest BCUT2D eigenvalue weighted by molar-refractivity contribution is -0.727. The summed E-state index contributed by atoms with van der Waals surface area (Å²) in [6, 6.07) is 7.68. The summed E-state index contributed by atoms with van der Waals surface area (Å²) in [5.41, 5.74) is 1.31. The standard InChI is InChI=1S/C19H23N7O3/c1-23-13-16(26(28)29)17(22-23)18(27)21-19-20-14-7-3-4-8-15(14)25(19)12-11-24-9-5-2-6-10-24/h3-4,7-8,13H,2,5-6,9-12H2,1H3,(H,20,21,27)/p+1. The number of para-hydroxylation sites is 2. The van der Waals surface area contributed by atoms with E-state index >= 15 is 0 Å². The zero-order valence-corrected chi connectivity index (χ0v) is 16.3. The van der Waals surface area contributed by atoms with Crippen LogP contribution in [0, 0.1) is 10.1 Å². The molecule has 0 bridgehead atoms. The summed E-state index contributed by atoms with van der Waals surface area (Å²) in [4.78, 5) is 30.4. The Morgan fingerprint density at radius 2 is 2.03 bits per heavy atom. The van der Waals surface area contributed by atoms with E-state index in [2.05, 4.69) is 20.3 Å². The van der Waals surface area contributed by atoms with Crippen molar-refractivity contribution < 1.29 is 14.4 Å². The van der Waals surface area contributed by atoms with Gasteiger partial charge in [-0.2, -0.15) is 5.10 Å². The quantitative estimate of drug-likeness (QED) is 0.374. The van der Waals surface area contributed by atoms with E-state index < -0.39 is 10.8 Å². The third-order valence-corrected chi connectivity index (χ3v) is 5.25. The van der Waals surface area contributed by atoms with Gasteiger partial charge in [0.05, 0.1) is 16.0 Å². The van der Waals surface area contributed by atoms with Crippen molar-refractivity contribution in [2.75, 3.05) is 25.0 Å². The maximum absolute atomic E-state index is 12.8. The van der Waals surface area contributed by atoms with Gasteiger partial charge in [-0.25, -0.2) is 4.98 Å². The highest BCUT2D eigenvalue weighted by molar-refractivity contribution is 6.05. The van der Waals surface area contributed by atoms with Gasteiger partial charge in [-0.3, -0.25) is 20.2 Å². The van der Waals surface area contributed by atoms with E-state index in [4.69, 9.17) is 0 Å². The number of nitro groups is 1. The van der Waals surface area contributed by atoms with Crippen molar-refractivity contribution in [3.8, 4) is 0 Å². The number of likely N-dealkylation sites (tertiary alicyclic amines) is 1. The van der Waals surface area contributed by atoms with Crippen molar-refractivity contribution in [3.63, 3.8) is 0 Å². The number of piperidine rings is 1. The molecule has 0 unspecified atom stereocenters. The summed E-state index contributed by atoms with van der Waals surface area (Å²) >= 11 is 0. The molecule has 1 aliphatic heterocycles. The lowest BCUT2D eigenvalue weighted by Gasteiger charge is -2.26. The maximum atomic E-state index is 12.8. The molecule has 1 aromatic carbocycles. The number of carbonyl (C=O) groups is 1. The van der Waals surface area contributed by atoms with Crippen LogP contribution in [0.5, 0.6) is 0 Å². The first kappa shape index (κ1) is 19.1. The van der Waals surface area contributed by atoms with Crippen LogP contribution in [-0.2, 0) is 13.6 Å². The van der Waals surface area contributed by atoms with Crippen LogP contribution in [0.2, 0.25) is 0 Å². The smallest absolute Gasteiger partial charge is 0.309 e. The van der Waals surface area contributed by atoms with E-state index in [9.17, 15) is 14.9 Å². The summed E-state index contributed by atoms with van der Waals surface area (Å²) in [5.74, 6) is -0.202. The highest BCUT2D eigenvalue weighted by Crippen LogP contribution is 2.22. The predicted octanol–water partition coefficient (Wildman–Crippen LogP) is 1.84. The molecule has 0 aliphatic carbocycles. The number of rotatable bonds is 6. The molecule has 10 nitrogen and oxygen atoms in total. The van der Waals surface area contributed by atoms with Crippen molar-refractivity contribution in [2.24, 2.45) is 7.05 Å². The molecule has 4 rings (SSSR count). The highest BCUT2D eigenvalue weighted by Gasteiger charge is 2.29. The molecule has 3 heterocycles. The highest BCUT2D eigenvalue weighted by atomic mass is 16.6. The molecule has 0 spiro atoms. The molecule has 0 radical (unpaired) electrons. The number of fused-ring (bicyclic) bond motifs is 1. The number of imidazole rings is 1. The SMILES string of the molecule is C[n+]1cc([N+](=O)[O-])c(C(=O)Nc2nc3ccccc3n2CCN2CCCCC2)[nH]1. The third-order valence-electron chi connectivity index (χ3n) is 5.25. The first-order valence-electron chi connectivity index (χ1n) is 9.75. The monoisotopic (exact) mass is 398 g/mol. The molecular weight excluding hydrogens is 374 g/mol. The molecule has 10 heteroatoms. The van der Waals surface area contributed by atoms with E-state index in [1.807, 2.05) is 28.8 Å². The Labute approximate surface area is 167 Å². The molecule has 3 aromatic rings. The van der Waals surface area contributed by atoms with Crippen molar-refractivity contribution in [1.29, 1.82) is 0 Å². The Kier molecular flexibility index (Phi) is 5.26. The zero-order valence-electron chi connectivity index (χ0n) is 16.3. The Hall–Kier alpha value is -3.27. The summed E-state index contributed by atoms with van der Waals surface area (Å²) in [7, 11) is 1.59. The number of hydrogen-bond acceptors (Lipinski definition) is 5. The third kappa shape index (κ3) is 3.97. The van der Waals surface area contributed by atoms with Gasteiger partial charge in [0, 0.05) is 13.1 Å². The van der Waals surface area contributed by atoms with Gasteiger partial charge in [-0.15, -0.1) is 4.68 Å². The molecular formula is C19H24N7O3+. The van der Waals surface area contributed by atoms with Gasteiger partial charge in [-0.05, 0) is 38.1 Å². The Morgan fingerprint density at radius 3 is 2.79 bits per heavy atom. The molecule has 1 fully saturated rings. The molecule has 29 heavy (non-hydrogen) atoms. The fourth-order valence-electron chi connectivity index (χ4n) is 3.81. The minimum atomic E-state index is -0.591. The van der Waals surface area contributed by atoms with Crippen molar-refractivity contribution in [2.45, 2.75) is 25.8 Å². The molecule has 0 saturated carbocycles. The largest absolute Gasteiger partial charge is 0.368 e. The van der Waals surface area contributed by atoms with Crippen LogP contribution in [0.1, 0.15) is 29.8 Å². The Morgan fingerprint density at radius 1 is 1.28 bits per heavy atom.